The zero-order valence-corrected chi connectivity index (χ0v) is 46.5. The van der Waals surface area contributed by atoms with Gasteiger partial charge in [0.2, 0.25) is 0 Å². The molecule has 30 heteroatoms. The van der Waals surface area contributed by atoms with Crippen LogP contribution >= 0.6 is 46.4 Å². The van der Waals surface area contributed by atoms with Gasteiger partial charge in [0.15, 0.2) is 36.1 Å². The predicted molar refractivity (Wildman–Crippen MR) is 288 cm³/mol. The van der Waals surface area contributed by atoms with Crippen LogP contribution in [-0.4, -0.2) is 216 Å². The molecule has 14 N–H and O–H groups in total. The molecule has 8 heterocycles. The van der Waals surface area contributed by atoms with Crippen molar-refractivity contribution in [3.8, 4) is 0 Å². The second-order valence-corrected chi connectivity index (χ2v) is 22.5. The third-order valence-electron chi connectivity index (χ3n) is 15.5. The fraction of sp³-hybridized carbons (Fsp3) is 0.600. The SMILES string of the molecule is C=C1N=C(N)C=CN1[C@@H]1O[C@@](CO)(C(C)F)[C@@H](O)[C@H]1Cl.C=C1N=C(N)C=CN1[C@@H]1O[C@@](CO)(C2CC2)[C@@H](O)[C@H]1Cl.C=C1NC(=O)C=CN1[C@@H]1O[C@@](CO)(C(C)F)[C@@H](O)[C@H]1Cl.C=C1NC(=O)C=CN1[C@@H]1O[C@@](CO)(C2CC2)[C@@H](O)[C@H]1Cl. The van der Waals surface area contributed by atoms with Gasteiger partial charge in [0.05, 0.1) is 26.4 Å². The van der Waals surface area contributed by atoms with Crippen molar-refractivity contribution in [2.75, 3.05) is 26.4 Å². The molecule has 2 saturated carbocycles. The monoisotopic (exact) mass is 1210 g/mol. The van der Waals surface area contributed by atoms with Crippen molar-refractivity contribution in [3.05, 3.63) is 98.7 Å². The number of nitrogens with one attached hydrogen (secondary N) is 2. The average molecular weight is 1210 g/mol. The molecule has 2 amide bonds. The second-order valence-electron chi connectivity index (χ2n) is 20.5. The fourth-order valence-electron chi connectivity index (χ4n) is 10.4. The Hall–Kier alpha value is -4.46. The molecule has 0 spiro atoms. The lowest BCUT2D eigenvalue weighted by molar-refractivity contribution is -0.165. The van der Waals surface area contributed by atoms with Crippen molar-refractivity contribution < 1.29 is 78.2 Å². The summed E-state index contributed by atoms with van der Waals surface area (Å²) in [5.74, 6) is 1.44. The van der Waals surface area contributed by atoms with Crippen molar-refractivity contribution in [1.82, 2.24) is 30.2 Å². The standard InChI is InChI=1S/C13H18ClN3O3.C13H17ClN2O4.C12H17ClFN3O3.C12H16ClFN2O4/c1-7-16-9(15)4-5-17(7)12-10(14)11(19)13(6-18,20-12)8-2-3-8;1-7-15-9(18)4-5-16(7)12-10(14)11(19)13(6-17,20-12)8-2-3-8;1-6(14)12(5-18)10(19)9(13)11(20-12)17-4-3-8(15)16-7(17)2;1-6(14)12(5-17)10(19)9(13)11(20-12)16-4-3-8(18)15-7(16)2/h4-5,8,10-12,18-19H,1-3,6H2,(H2,15,16);4-5,8,10-12,17,19H,1-3,6H2,(H,15,18);3-4,6,9-11,18-19H,2,5H2,1H3,(H2,15,16);3-4,6,9-11,17,19H,2,5H2,1H3,(H,15,18)/t2*10-,11+,12-,13+;2*6?,9-,10+,11-,12+/m1111/s1. The summed E-state index contributed by atoms with van der Waals surface area (Å²) in [6.45, 7) is 15.3. The van der Waals surface area contributed by atoms with Crippen LogP contribution in [0, 0.1) is 11.8 Å². The van der Waals surface area contributed by atoms with Gasteiger partial charge < -0.3 is 102 Å². The van der Waals surface area contributed by atoms with E-state index < -0.39 is 119 Å². The van der Waals surface area contributed by atoms with Crippen molar-refractivity contribution in [3.63, 3.8) is 0 Å². The van der Waals surface area contributed by atoms with Crippen LogP contribution in [0.1, 0.15) is 39.5 Å². The predicted octanol–water partition coefficient (Wildman–Crippen LogP) is -0.147. The van der Waals surface area contributed by atoms with Gasteiger partial charge in [0, 0.05) is 37.0 Å². The number of halogens is 6. The van der Waals surface area contributed by atoms with Crippen LogP contribution in [0.25, 0.3) is 0 Å². The number of nitrogens with zero attached hydrogens (tertiary/aromatic N) is 6. The van der Waals surface area contributed by atoms with E-state index in [0.717, 1.165) is 25.7 Å². The van der Waals surface area contributed by atoms with Crippen LogP contribution in [-0.2, 0) is 28.5 Å². The minimum absolute atomic E-state index is 0.116. The summed E-state index contributed by atoms with van der Waals surface area (Å²) in [5.41, 5.74) is 5.55. The molecule has 0 aromatic carbocycles. The zero-order valence-electron chi connectivity index (χ0n) is 43.5. The number of aliphatic hydroxyl groups excluding tert-OH is 8. The third kappa shape index (κ3) is 11.7. The van der Waals surface area contributed by atoms with E-state index >= 15 is 0 Å². The number of rotatable bonds is 12. The first-order valence-electron chi connectivity index (χ1n) is 25.3. The number of alkyl halides is 6. The maximum Gasteiger partial charge on any atom is 0.250 e. The molecule has 2 aliphatic carbocycles. The summed E-state index contributed by atoms with van der Waals surface area (Å²) in [6.07, 6.45) is 4.38. The molecule has 4 saturated heterocycles. The van der Waals surface area contributed by atoms with Crippen molar-refractivity contribution in [2.24, 2.45) is 33.3 Å². The van der Waals surface area contributed by atoms with Crippen molar-refractivity contribution in [1.29, 1.82) is 0 Å². The Morgan fingerprint density at radius 3 is 1.14 bits per heavy atom. The molecular formula is C50H68Cl4F2N10O14. The Labute approximate surface area is 479 Å². The number of nitrogens with two attached hydrogens (primary N) is 2. The summed E-state index contributed by atoms with van der Waals surface area (Å²) in [7, 11) is 0. The van der Waals surface area contributed by atoms with Crippen LogP contribution in [0.2, 0.25) is 0 Å². The Morgan fingerprint density at radius 2 is 0.863 bits per heavy atom. The summed E-state index contributed by atoms with van der Waals surface area (Å²) < 4.78 is 50.4. The van der Waals surface area contributed by atoms with Crippen LogP contribution in [0.15, 0.2) is 109 Å². The van der Waals surface area contributed by atoms with Gasteiger partial charge in [-0.25, -0.2) is 18.8 Å². The molecule has 18 atom stereocenters. The number of amides is 2. The van der Waals surface area contributed by atoms with Gasteiger partial charge >= 0.3 is 0 Å². The van der Waals surface area contributed by atoms with Gasteiger partial charge in [-0.05, 0) is 63.5 Å². The molecule has 6 fully saturated rings. The first-order valence-corrected chi connectivity index (χ1v) is 27.0. The first-order chi connectivity index (χ1) is 37.6. The molecule has 0 radical (unpaired) electrons. The summed E-state index contributed by atoms with van der Waals surface area (Å²) in [4.78, 5) is 36.4. The molecule has 10 aliphatic rings. The maximum absolute atomic E-state index is 13.8. The van der Waals surface area contributed by atoms with E-state index in [4.69, 9.17) is 76.8 Å². The van der Waals surface area contributed by atoms with E-state index in [0.29, 0.717) is 17.5 Å². The average Bonchev–Trinajstić information content (AvgIpc) is 4.36. The lowest BCUT2D eigenvalue weighted by Crippen LogP contribution is -2.52. The van der Waals surface area contributed by atoms with E-state index in [-0.39, 0.29) is 54.3 Å². The third-order valence-corrected chi connectivity index (χ3v) is 17.3. The highest BCUT2D eigenvalue weighted by molar-refractivity contribution is 6.22. The largest absolute Gasteiger partial charge is 0.393 e. The van der Waals surface area contributed by atoms with Gasteiger partial charge in [-0.15, -0.1) is 46.4 Å². The Bertz CT molecular complexity index is 2420. The maximum atomic E-state index is 13.8. The van der Waals surface area contributed by atoms with E-state index in [2.05, 4.69) is 46.9 Å². The molecule has 0 aromatic heterocycles. The molecule has 0 bridgehead atoms. The Kier molecular flexibility index (Phi) is 19.6. The fourth-order valence-corrected chi connectivity index (χ4v) is 11.9. The highest BCUT2D eigenvalue weighted by Crippen LogP contribution is 2.52. The highest BCUT2D eigenvalue weighted by atomic mass is 35.5. The number of hydrogen-bond donors (Lipinski definition) is 12. The zero-order chi connectivity index (χ0) is 59.1. The van der Waals surface area contributed by atoms with Crippen LogP contribution in [0.3, 0.4) is 0 Å². The quantitative estimate of drug-likeness (QED) is 0.113. The Morgan fingerprint density at radius 1 is 0.562 bits per heavy atom. The normalized spacial score (nSPS) is 40.1. The smallest absolute Gasteiger partial charge is 0.250 e. The highest BCUT2D eigenvalue weighted by Gasteiger charge is 2.64. The molecule has 2 unspecified atom stereocenters. The van der Waals surface area contributed by atoms with E-state index in [1.807, 2.05) is 0 Å². The van der Waals surface area contributed by atoms with Crippen LogP contribution in [0.4, 0.5) is 8.78 Å². The number of hydrogen-bond acceptors (Lipinski definition) is 22. The molecule has 444 valence electrons. The van der Waals surface area contributed by atoms with Crippen LogP contribution in [0.5, 0.6) is 0 Å². The lowest BCUT2D eigenvalue weighted by atomic mass is 9.92. The van der Waals surface area contributed by atoms with Gasteiger partial charge in [-0.3, -0.25) is 9.59 Å². The number of aliphatic hydroxyl groups is 8. The van der Waals surface area contributed by atoms with Crippen molar-refractivity contribution in [2.45, 2.75) is 145 Å². The summed E-state index contributed by atoms with van der Waals surface area (Å²) >= 11 is 24.8. The number of ether oxygens (including phenoxy) is 4. The van der Waals surface area contributed by atoms with Crippen LogP contribution < -0.4 is 22.1 Å². The summed E-state index contributed by atoms with van der Waals surface area (Å²) in [6, 6.07) is 0. The number of aliphatic imine (C=N–C) groups is 2. The van der Waals surface area contributed by atoms with Crippen molar-refractivity contribution >= 4 is 69.9 Å². The Balaban J connectivity index is 0.000000154. The number of carbonyl (C=O) groups excluding carboxylic acids is 2. The molecular weight excluding hydrogens is 1140 g/mol. The number of carbonyl (C=O) groups is 2. The molecule has 0 aromatic rings. The second kappa shape index (κ2) is 24.8. The van der Waals surface area contributed by atoms with Gasteiger partial charge in [0.1, 0.15) is 104 Å². The molecule has 10 rings (SSSR count). The van der Waals surface area contributed by atoms with Gasteiger partial charge in [-0.1, -0.05) is 26.3 Å². The molecule has 8 aliphatic heterocycles. The van der Waals surface area contributed by atoms with E-state index in [1.54, 1.807) is 22.1 Å². The van der Waals surface area contributed by atoms with E-state index in [1.165, 1.54) is 60.5 Å². The van der Waals surface area contributed by atoms with E-state index in [9.17, 15) is 59.2 Å². The minimum Gasteiger partial charge on any atom is -0.393 e. The number of amidine groups is 2. The topological polar surface area (TPSA) is 347 Å². The molecule has 80 heavy (non-hydrogen) atoms. The minimum atomic E-state index is -1.80. The van der Waals surface area contributed by atoms with Gasteiger partial charge in [-0.2, -0.15) is 0 Å². The first kappa shape index (κ1) is 63.1. The summed E-state index contributed by atoms with van der Waals surface area (Å²) in [5, 5.41) is 80.8. The molecule has 24 nitrogen and oxygen atoms in total. The lowest BCUT2D eigenvalue weighted by Gasteiger charge is -2.34. The van der Waals surface area contributed by atoms with Gasteiger partial charge in [0.25, 0.3) is 11.8 Å².